The van der Waals surface area contributed by atoms with Gasteiger partial charge in [-0.3, -0.25) is 4.57 Å². The van der Waals surface area contributed by atoms with Crippen molar-refractivity contribution in [3.8, 4) is 0 Å². The zero-order valence-electron chi connectivity index (χ0n) is 7.61. The predicted molar refractivity (Wildman–Crippen MR) is 46.4 cm³/mol. The van der Waals surface area contributed by atoms with Crippen LogP contribution in [0, 0.1) is 0 Å². The monoisotopic (exact) mass is 180 g/mol. The molecule has 0 aliphatic rings. The van der Waals surface area contributed by atoms with E-state index in [2.05, 4.69) is 0 Å². The molecule has 1 atom stereocenters. The molecule has 0 amide bonds. The van der Waals surface area contributed by atoms with Crippen molar-refractivity contribution < 1.29 is 9.46 Å². The maximum atomic E-state index is 11.5. The van der Waals surface area contributed by atoms with Gasteiger partial charge in [-0.2, -0.15) is 0 Å². The van der Waals surface area contributed by atoms with E-state index in [1.54, 1.807) is 18.8 Å². The molecule has 5 heteroatoms. The maximum absolute atomic E-state index is 11.5. The van der Waals surface area contributed by atoms with Gasteiger partial charge in [-0.15, -0.1) is 0 Å². The van der Waals surface area contributed by atoms with E-state index in [0.717, 1.165) is 0 Å². The molecule has 0 bridgehead atoms. The summed E-state index contributed by atoms with van der Waals surface area (Å²) in [6.45, 7) is 4.94. The Morgan fingerprint density at radius 3 is 1.73 bits per heavy atom. The van der Waals surface area contributed by atoms with Crippen LogP contribution in [0.2, 0.25) is 0 Å². The highest BCUT2D eigenvalue weighted by molar-refractivity contribution is 7.52. The molecule has 68 valence electrons. The Bertz CT molecular complexity index is 157. The molecule has 0 aromatic carbocycles. The summed E-state index contributed by atoms with van der Waals surface area (Å²) in [5.41, 5.74) is 0. The summed E-state index contributed by atoms with van der Waals surface area (Å²) >= 11 is 0. The normalized spacial score (nSPS) is 17.4. The van der Waals surface area contributed by atoms with Gasteiger partial charge in [0.1, 0.15) is 0 Å². The molecule has 0 spiro atoms. The summed E-state index contributed by atoms with van der Waals surface area (Å²) in [5, 5.41) is 0. The Hall–Kier alpha value is 0.110. The molecule has 0 radical (unpaired) electrons. The third kappa shape index (κ3) is 2.56. The molecular formula is C6H17N2O2P. The van der Waals surface area contributed by atoms with Gasteiger partial charge in [0.25, 0.3) is 0 Å². The predicted octanol–water partition coefficient (Wildman–Crippen LogP) is 0.990. The molecule has 1 N–H and O–H groups in total. The second-order valence-electron chi connectivity index (χ2n) is 2.50. The lowest BCUT2D eigenvalue weighted by Gasteiger charge is -2.28. The fourth-order valence-electron chi connectivity index (χ4n) is 0.845. The van der Waals surface area contributed by atoms with E-state index in [-0.39, 0.29) is 0 Å². The van der Waals surface area contributed by atoms with Crippen LogP contribution >= 0.6 is 7.67 Å². The van der Waals surface area contributed by atoms with Crippen LogP contribution in [0.3, 0.4) is 0 Å². The van der Waals surface area contributed by atoms with E-state index in [1.165, 1.54) is 4.67 Å². The highest BCUT2D eigenvalue weighted by atomic mass is 31.2. The van der Waals surface area contributed by atoms with Crippen LogP contribution < -0.4 is 0 Å². The largest absolute Gasteiger partial charge is 0.342 e. The minimum Gasteiger partial charge on any atom is -0.322 e. The first-order chi connectivity index (χ1) is 4.96. The van der Waals surface area contributed by atoms with Crippen LogP contribution in [0.4, 0.5) is 0 Å². The van der Waals surface area contributed by atoms with Gasteiger partial charge < -0.3 is 4.89 Å². The van der Waals surface area contributed by atoms with Crippen LogP contribution in [0.15, 0.2) is 0 Å². The summed E-state index contributed by atoms with van der Waals surface area (Å²) in [5.74, 6) is 0. The van der Waals surface area contributed by atoms with Crippen molar-refractivity contribution in [2.24, 2.45) is 0 Å². The molecule has 0 aromatic rings. The Labute approximate surface area is 68.4 Å². The zero-order valence-corrected chi connectivity index (χ0v) is 8.51. The van der Waals surface area contributed by atoms with Crippen LogP contribution in [-0.4, -0.2) is 41.4 Å². The molecule has 0 aliphatic heterocycles. The Balaban J connectivity index is 4.38. The third-order valence-corrected chi connectivity index (χ3v) is 3.96. The van der Waals surface area contributed by atoms with E-state index in [0.29, 0.717) is 13.1 Å². The summed E-state index contributed by atoms with van der Waals surface area (Å²) < 4.78 is 14.4. The lowest BCUT2D eigenvalue weighted by molar-refractivity contribution is 0.312. The third-order valence-electron chi connectivity index (χ3n) is 1.62. The molecule has 0 heterocycles. The quantitative estimate of drug-likeness (QED) is 0.655. The molecule has 4 nitrogen and oxygen atoms in total. The molecule has 0 aromatic heterocycles. The second-order valence-corrected chi connectivity index (χ2v) is 4.89. The number of rotatable bonds is 4. The summed E-state index contributed by atoms with van der Waals surface area (Å²) in [4.78, 5) is 9.46. The lowest BCUT2D eigenvalue weighted by atomic mass is 10.7. The highest BCUT2D eigenvalue weighted by Crippen LogP contribution is 2.46. The van der Waals surface area contributed by atoms with E-state index >= 15 is 0 Å². The average Bonchev–Trinajstić information content (AvgIpc) is 1.89. The van der Waals surface area contributed by atoms with Gasteiger partial charge in [0.15, 0.2) is 0 Å². The molecule has 11 heavy (non-hydrogen) atoms. The lowest BCUT2D eigenvalue weighted by Crippen LogP contribution is -2.26. The highest BCUT2D eigenvalue weighted by Gasteiger charge is 2.27. The zero-order chi connectivity index (χ0) is 9.07. The fourth-order valence-corrected chi connectivity index (χ4v) is 2.09. The number of hydrogen-bond donors (Lipinski definition) is 1. The van der Waals surface area contributed by atoms with Gasteiger partial charge >= 0.3 is 7.67 Å². The standard InChI is InChI=1S/C6H17N2O2P/c1-5-8(6-2)11(9,10)7(3)4/h5-6H2,1-4H3,(H,9,10). The van der Waals surface area contributed by atoms with Crippen LogP contribution in [0.25, 0.3) is 0 Å². The van der Waals surface area contributed by atoms with Gasteiger partial charge in [-0.1, -0.05) is 13.8 Å². The van der Waals surface area contributed by atoms with Crippen molar-refractivity contribution in [1.29, 1.82) is 0 Å². The second kappa shape index (κ2) is 4.21. The smallest absolute Gasteiger partial charge is 0.322 e. The minimum atomic E-state index is -3.21. The number of nitrogens with zero attached hydrogens (tertiary/aromatic N) is 2. The van der Waals surface area contributed by atoms with Gasteiger partial charge in [-0.05, 0) is 14.1 Å². The van der Waals surface area contributed by atoms with Crippen LogP contribution in [0.1, 0.15) is 13.8 Å². The minimum absolute atomic E-state index is 0.600. The maximum Gasteiger partial charge on any atom is 0.342 e. The van der Waals surface area contributed by atoms with Gasteiger partial charge in [0.2, 0.25) is 0 Å². The van der Waals surface area contributed by atoms with E-state index in [9.17, 15) is 9.46 Å². The molecule has 0 saturated heterocycles. The summed E-state index contributed by atoms with van der Waals surface area (Å²) in [6, 6.07) is 0. The molecule has 1 unspecified atom stereocenters. The molecular weight excluding hydrogens is 163 g/mol. The van der Waals surface area contributed by atoms with Crippen molar-refractivity contribution in [3.63, 3.8) is 0 Å². The topological polar surface area (TPSA) is 43.8 Å². The SMILES string of the molecule is CCN(CC)P(=O)(O)N(C)C. The molecule has 0 saturated carbocycles. The first kappa shape index (κ1) is 11.1. The Kier molecular flexibility index (Phi) is 4.26. The van der Waals surface area contributed by atoms with Crippen molar-refractivity contribution in [2.45, 2.75) is 13.8 Å². The van der Waals surface area contributed by atoms with Gasteiger partial charge in [-0.25, -0.2) is 9.34 Å². The molecule has 0 fully saturated rings. The van der Waals surface area contributed by atoms with Crippen LogP contribution in [-0.2, 0) is 4.57 Å². The Morgan fingerprint density at radius 1 is 1.27 bits per heavy atom. The van der Waals surface area contributed by atoms with Gasteiger partial charge in [0, 0.05) is 13.1 Å². The van der Waals surface area contributed by atoms with Crippen molar-refractivity contribution in [1.82, 2.24) is 9.34 Å². The molecule has 0 rings (SSSR count). The molecule has 0 aliphatic carbocycles. The van der Waals surface area contributed by atoms with Gasteiger partial charge in [0.05, 0.1) is 0 Å². The summed E-state index contributed by atoms with van der Waals surface area (Å²) in [7, 11) is 0.0125. The fraction of sp³-hybridized carbons (Fsp3) is 1.00. The average molecular weight is 180 g/mol. The van der Waals surface area contributed by atoms with E-state index < -0.39 is 7.67 Å². The van der Waals surface area contributed by atoms with E-state index in [1.807, 2.05) is 13.8 Å². The Morgan fingerprint density at radius 2 is 1.64 bits per heavy atom. The van der Waals surface area contributed by atoms with Crippen molar-refractivity contribution in [2.75, 3.05) is 27.2 Å². The van der Waals surface area contributed by atoms with Crippen LogP contribution in [0.5, 0.6) is 0 Å². The first-order valence-electron chi connectivity index (χ1n) is 3.72. The summed E-state index contributed by atoms with van der Waals surface area (Å²) in [6.07, 6.45) is 0. The van der Waals surface area contributed by atoms with Crippen molar-refractivity contribution in [3.05, 3.63) is 0 Å². The van der Waals surface area contributed by atoms with Crippen molar-refractivity contribution >= 4 is 7.67 Å². The first-order valence-corrected chi connectivity index (χ1v) is 5.29. The number of hydrogen-bond acceptors (Lipinski definition) is 1. The van der Waals surface area contributed by atoms with E-state index in [4.69, 9.17) is 0 Å².